The molecule has 0 unspecified atom stereocenters. The Bertz CT molecular complexity index is 5560. The fourth-order valence-corrected chi connectivity index (χ4v) is 14.9. The molecule has 2 nitrogen and oxygen atoms in total. The van der Waals surface area contributed by atoms with Gasteiger partial charge in [0.15, 0.2) is 0 Å². The van der Waals surface area contributed by atoms with E-state index in [0.29, 0.717) is 0 Å². The summed E-state index contributed by atoms with van der Waals surface area (Å²) in [6.45, 7) is 0. The summed E-state index contributed by atoms with van der Waals surface area (Å²) < 4.78 is 2.61. The van der Waals surface area contributed by atoms with Gasteiger partial charge < -0.3 is 9.80 Å². The number of benzene rings is 16. The van der Waals surface area contributed by atoms with Gasteiger partial charge in [0.2, 0.25) is 0 Å². The van der Waals surface area contributed by atoms with Crippen LogP contribution in [0.4, 0.5) is 34.1 Å². The second-order valence-corrected chi connectivity index (χ2v) is 24.2. The Kier molecular flexibility index (Phi) is 12.8. The van der Waals surface area contributed by atoms with E-state index >= 15 is 0 Å². The zero-order chi connectivity index (χ0) is 58.8. The Balaban J connectivity index is 0.812. The van der Waals surface area contributed by atoms with E-state index in [1.807, 2.05) is 11.3 Å². The minimum Gasteiger partial charge on any atom is -0.310 e. The molecule has 0 saturated heterocycles. The molecule has 3 heteroatoms. The van der Waals surface area contributed by atoms with Crippen LogP contribution in [0, 0.1) is 0 Å². The summed E-state index contributed by atoms with van der Waals surface area (Å²) in [5.41, 5.74) is 18.1. The maximum absolute atomic E-state index is 2.46. The first kappa shape index (κ1) is 52.0. The third-order valence-corrected chi connectivity index (χ3v) is 19.2. The molecule has 89 heavy (non-hydrogen) atoms. The summed E-state index contributed by atoms with van der Waals surface area (Å²) >= 11 is 1.89. The first-order valence-corrected chi connectivity index (χ1v) is 31.4. The molecular weight excluding hydrogens is 1090 g/mol. The number of rotatable bonds is 11. The molecular formula is C86H56N2S. The zero-order valence-corrected chi connectivity index (χ0v) is 49.5. The van der Waals surface area contributed by atoms with E-state index in [1.165, 1.54) is 107 Å². The van der Waals surface area contributed by atoms with E-state index in [0.717, 1.165) is 56.4 Å². The molecule has 17 aromatic rings. The normalized spacial score (nSPS) is 11.6. The first-order chi connectivity index (χ1) is 44.1. The van der Waals surface area contributed by atoms with Crippen molar-refractivity contribution in [1.29, 1.82) is 0 Å². The lowest BCUT2D eigenvalue weighted by Gasteiger charge is -2.31. The van der Waals surface area contributed by atoms with Crippen molar-refractivity contribution in [3.63, 3.8) is 0 Å². The van der Waals surface area contributed by atoms with E-state index in [1.54, 1.807) is 0 Å². The highest BCUT2D eigenvalue weighted by Gasteiger charge is 2.24. The molecule has 0 aliphatic carbocycles. The van der Waals surface area contributed by atoms with Crippen LogP contribution in [0.15, 0.2) is 340 Å². The average Bonchev–Trinajstić information content (AvgIpc) is 2.32. The molecule has 0 spiro atoms. The van der Waals surface area contributed by atoms with Crippen molar-refractivity contribution in [2.75, 3.05) is 9.80 Å². The second kappa shape index (κ2) is 21.9. The lowest BCUT2D eigenvalue weighted by atomic mass is 9.96. The molecule has 16 aromatic carbocycles. The van der Waals surface area contributed by atoms with Gasteiger partial charge >= 0.3 is 0 Å². The SMILES string of the molecule is c1cc(-c2ccc3ccccc3c2)cc(N(c2ccc3c(ccc4ccccc43)c2)c2ccccc2-c2ccccc2N(c2ccc(-c3ccc(-c4cccc5ccccc45)cc3)cc2)c2ccc(-c3cccc4c3sc3ccc5ccccc5c34)cc2)c1. The van der Waals surface area contributed by atoms with E-state index in [4.69, 9.17) is 0 Å². The van der Waals surface area contributed by atoms with Crippen LogP contribution in [0.3, 0.4) is 0 Å². The topological polar surface area (TPSA) is 6.48 Å². The Morgan fingerprint density at radius 3 is 1.37 bits per heavy atom. The fourth-order valence-electron chi connectivity index (χ4n) is 13.7. The maximum atomic E-state index is 2.46. The van der Waals surface area contributed by atoms with Crippen molar-refractivity contribution in [3.8, 4) is 55.6 Å². The molecule has 17 rings (SSSR count). The highest BCUT2D eigenvalue weighted by molar-refractivity contribution is 7.26. The third-order valence-electron chi connectivity index (χ3n) is 18.0. The van der Waals surface area contributed by atoms with E-state index in [9.17, 15) is 0 Å². The van der Waals surface area contributed by atoms with Gasteiger partial charge in [-0.1, -0.05) is 267 Å². The van der Waals surface area contributed by atoms with E-state index in [2.05, 4.69) is 350 Å². The number of thiophene rings is 1. The van der Waals surface area contributed by atoms with Crippen LogP contribution in [-0.4, -0.2) is 0 Å². The van der Waals surface area contributed by atoms with Gasteiger partial charge in [-0.05, 0) is 171 Å². The summed E-state index contributed by atoms with van der Waals surface area (Å²) in [7, 11) is 0. The van der Waals surface area contributed by atoms with Crippen LogP contribution >= 0.6 is 11.3 Å². The van der Waals surface area contributed by atoms with Crippen molar-refractivity contribution in [2.24, 2.45) is 0 Å². The van der Waals surface area contributed by atoms with Crippen LogP contribution in [-0.2, 0) is 0 Å². The molecule has 0 bridgehead atoms. The van der Waals surface area contributed by atoms with Crippen molar-refractivity contribution >= 4 is 119 Å². The van der Waals surface area contributed by atoms with Crippen LogP contribution in [0.1, 0.15) is 0 Å². The summed E-state index contributed by atoms with van der Waals surface area (Å²) in [4.78, 5) is 4.91. The summed E-state index contributed by atoms with van der Waals surface area (Å²) in [5, 5.41) is 15.0. The first-order valence-electron chi connectivity index (χ1n) is 30.5. The van der Waals surface area contributed by atoms with Gasteiger partial charge in [0.1, 0.15) is 0 Å². The van der Waals surface area contributed by atoms with Gasteiger partial charge in [-0.25, -0.2) is 0 Å². The molecule has 0 fully saturated rings. The van der Waals surface area contributed by atoms with Crippen LogP contribution in [0.5, 0.6) is 0 Å². The molecule has 1 aromatic heterocycles. The summed E-state index contributed by atoms with van der Waals surface area (Å²) in [5.74, 6) is 0. The zero-order valence-electron chi connectivity index (χ0n) is 48.6. The monoisotopic (exact) mass is 1150 g/mol. The van der Waals surface area contributed by atoms with Crippen LogP contribution in [0.2, 0.25) is 0 Å². The molecule has 0 radical (unpaired) electrons. The summed E-state index contributed by atoms with van der Waals surface area (Å²) in [6, 6.07) is 125. The van der Waals surface area contributed by atoms with Crippen molar-refractivity contribution in [1.82, 2.24) is 0 Å². The molecule has 0 amide bonds. The second-order valence-electron chi connectivity index (χ2n) is 23.2. The molecule has 0 aliphatic heterocycles. The van der Waals surface area contributed by atoms with E-state index < -0.39 is 0 Å². The van der Waals surface area contributed by atoms with Crippen LogP contribution < -0.4 is 9.80 Å². The predicted molar refractivity (Wildman–Crippen MR) is 383 cm³/mol. The highest BCUT2D eigenvalue weighted by Crippen LogP contribution is 2.49. The smallest absolute Gasteiger partial charge is 0.0540 e. The Hall–Kier alpha value is -11.4. The van der Waals surface area contributed by atoms with Gasteiger partial charge in [-0.15, -0.1) is 11.3 Å². The van der Waals surface area contributed by atoms with E-state index in [-0.39, 0.29) is 0 Å². The van der Waals surface area contributed by atoms with Gasteiger partial charge in [0.05, 0.1) is 11.4 Å². The van der Waals surface area contributed by atoms with Gasteiger partial charge in [0, 0.05) is 54.0 Å². The number of hydrogen-bond acceptors (Lipinski definition) is 3. The molecule has 0 N–H and O–H groups in total. The third kappa shape index (κ3) is 9.27. The lowest BCUT2D eigenvalue weighted by Crippen LogP contribution is -2.13. The molecule has 416 valence electrons. The number of para-hydroxylation sites is 2. The largest absolute Gasteiger partial charge is 0.310 e. The number of fused-ring (bicyclic) bond motifs is 10. The molecule has 1 heterocycles. The van der Waals surface area contributed by atoms with Crippen molar-refractivity contribution < 1.29 is 0 Å². The van der Waals surface area contributed by atoms with Crippen LogP contribution in [0.25, 0.3) is 130 Å². The Morgan fingerprint density at radius 2 is 0.629 bits per heavy atom. The number of nitrogens with zero attached hydrogens (tertiary/aromatic N) is 2. The van der Waals surface area contributed by atoms with Crippen molar-refractivity contribution in [3.05, 3.63) is 340 Å². The Labute approximate surface area is 521 Å². The van der Waals surface area contributed by atoms with Gasteiger partial charge in [-0.3, -0.25) is 0 Å². The minimum absolute atomic E-state index is 1.05. The minimum atomic E-state index is 1.05. The number of anilines is 6. The standard InChI is InChI=1S/C86H56N2S/c1-2-20-65-54-67(40-36-57(65)16-1)66-22-13-23-71(55-66)88(72-51-52-76-68(56-72)41-39-61-18-4-7-25-74(61)76)83-33-12-10-28-80(83)79-27-9-11-32-82(79)87(69-47-42-59(43-48-69)58-34-37-63(38-35-58)75-29-14-21-60-17-3-6-24-73(60)75)70-49-44-64(45-50-70)78-30-15-31-81-85-77-26-8-5-19-62(77)46-53-84(85)89-86(78)81/h1-56H. The Morgan fingerprint density at radius 1 is 0.202 bits per heavy atom. The fraction of sp³-hybridized carbons (Fsp3) is 0. The van der Waals surface area contributed by atoms with Gasteiger partial charge in [0.25, 0.3) is 0 Å². The molecule has 0 atom stereocenters. The molecule has 0 saturated carbocycles. The summed E-state index contributed by atoms with van der Waals surface area (Å²) in [6.07, 6.45) is 0. The van der Waals surface area contributed by atoms with Crippen molar-refractivity contribution in [2.45, 2.75) is 0 Å². The quantitative estimate of drug-likeness (QED) is 0.119. The maximum Gasteiger partial charge on any atom is 0.0540 e. The molecule has 0 aliphatic rings. The lowest BCUT2D eigenvalue weighted by molar-refractivity contribution is 1.27. The van der Waals surface area contributed by atoms with Gasteiger partial charge in [-0.2, -0.15) is 0 Å². The highest BCUT2D eigenvalue weighted by atomic mass is 32.1. The average molecular weight is 1150 g/mol. The number of hydrogen-bond donors (Lipinski definition) is 0. The predicted octanol–water partition coefficient (Wildman–Crippen LogP) is 25.1.